The van der Waals surface area contributed by atoms with Gasteiger partial charge in [-0.05, 0) is 19.3 Å². The van der Waals surface area contributed by atoms with E-state index in [9.17, 15) is 24.3 Å². The first-order valence-corrected chi connectivity index (χ1v) is 15.2. The Morgan fingerprint density at radius 3 is 1.26 bits per heavy atom. The van der Waals surface area contributed by atoms with Crippen LogP contribution in [0.25, 0.3) is 0 Å². The second-order valence-corrected chi connectivity index (χ2v) is 10.5. The Labute approximate surface area is 259 Å². The number of nitrogens with zero attached hydrogens (tertiary/aromatic N) is 1. The number of carboxylic acid groups (broad SMARTS) is 1. The zero-order valence-electron chi connectivity index (χ0n) is 24.2. The van der Waals surface area contributed by atoms with Gasteiger partial charge in [0.25, 0.3) is 0 Å². The van der Waals surface area contributed by atoms with Crippen LogP contribution < -0.4 is 16.6 Å². The fraction of sp³-hybridized carbons (Fsp3) is 0.862. The topological polar surface area (TPSA) is 142 Å². The molecule has 0 heterocycles. The van der Waals surface area contributed by atoms with Crippen LogP contribution >= 0.6 is 0 Å². The molecule has 0 saturated heterocycles. The molecule has 0 saturated carbocycles. The van der Waals surface area contributed by atoms with E-state index < -0.39 is 17.9 Å². The average molecular weight is 565 g/mol. The minimum atomic E-state index is -1.29. The third-order valence-electron chi connectivity index (χ3n) is 6.77. The van der Waals surface area contributed by atoms with Gasteiger partial charge in [0.15, 0.2) is 0 Å². The molecule has 0 aromatic carbocycles. The number of aliphatic carboxylic acids is 1. The molecule has 0 aromatic heterocycles. The van der Waals surface area contributed by atoms with Gasteiger partial charge >= 0.3 is 35.5 Å². The SMILES string of the molecule is CCCCCCCCCCCC(=O)NN(NC(=O)CCCCCCCCCCC)C(CCC(N)=O)C(=O)O.[NaH]. The summed E-state index contributed by atoms with van der Waals surface area (Å²) in [6.45, 7) is 4.40. The standard InChI is InChI=1S/C29H56N4O5.Na.H/c1-3-5-7-9-11-13-15-17-19-21-27(35)31-33(25(29(37)38)23-24-26(30)34)32-28(36)22-20-18-16-14-12-10-8-6-4-2;;/h25H,3-24H2,1-2H3,(H2,30,34)(H,31,35)(H,32,36)(H,37,38);;. The average Bonchev–Trinajstić information content (AvgIpc) is 2.86. The molecule has 0 bridgehead atoms. The number of hydrogen-bond acceptors (Lipinski definition) is 5. The number of primary amides is 1. The monoisotopic (exact) mass is 564 g/mol. The van der Waals surface area contributed by atoms with Gasteiger partial charge < -0.3 is 10.8 Å². The first-order chi connectivity index (χ1) is 18.3. The number of carbonyl (C=O) groups is 4. The van der Waals surface area contributed by atoms with E-state index in [0.29, 0.717) is 12.8 Å². The van der Waals surface area contributed by atoms with Gasteiger partial charge in [-0.25, -0.2) is 0 Å². The molecule has 10 heteroatoms. The maximum atomic E-state index is 12.5. The molecule has 0 aliphatic carbocycles. The van der Waals surface area contributed by atoms with Crippen molar-refractivity contribution in [1.82, 2.24) is 16.0 Å². The second-order valence-electron chi connectivity index (χ2n) is 10.5. The maximum absolute atomic E-state index is 12.5. The molecule has 0 fully saturated rings. The van der Waals surface area contributed by atoms with E-state index in [1.807, 2.05) is 0 Å². The molecule has 5 N–H and O–H groups in total. The van der Waals surface area contributed by atoms with Crippen LogP contribution in [0.1, 0.15) is 155 Å². The number of carbonyl (C=O) groups excluding carboxylic acids is 3. The Bertz CT molecular complexity index is 615. The van der Waals surface area contributed by atoms with Crippen LogP contribution in [0.5, 0.6) is 0 Å². The molecule has 0 aliphatic rings. The van der Waals surface area contributed by atoms with Crippen molar-refractivity contribution < 1.29 is 24.3 Å². The molecule has 0 rings (SSSR count). The normalized spacial score (nSPS) is 11.6. The molecule has 0 aromatic rings. The Morgan fingerprint density at radius 2 is 0.949 bits per heavy atom. The van der Waals surface area contributed by atoms with Crippen molar-refractivity contribution in [2.24, 2.45) is 5.73 Å². The number of hydrogen-bond donors (Lipinski definition) is 4. The Hall–Kier alpha value is -1.16. The van der Waals surface area contributed by atoms with Gasteiger partial charge in [0.05, 0.1) is 0 Å². The van der Waals surface area contributed by atoms with E-state index in [1.54, 1.807) is 0 Å². The van der Waals surface area contributed by atoms with Crippen LogP contribution in [0.4, 0.5) is 0 Å². The van der Waals surface area contributed by atoms with Crippen molar-refractivity contribution in [3.63, 3.8) is 0 Å². The van der Waals surface area contributed by atoms with Gasteiger partial charge in [0.2, 0.25) is 17.7 Å². The van der Waals surface area contributed by atoms with Crippen molar-refractivity contribution in [2.75, 3.05) is 0 Å². The van der Waals surface area contributed by atoms with Gasteiger partial charge in [-0.15, -0.1) is 5.12 Å². The number of hydrazine groups is 2. The molecule has 3 amide bonds. The van der Waals surface area contributed by atoms with Crippen LogP contribution in [0.2, 0.25) is 0 Å². The summed E-state index contributed by atoms with van der Waals surface area (Å²) in [4.78, 5) is 48.2. The Morgan fingerprint density at radius 1 is 0.615 bits per heavy atom. The summed E-state index contributed by atoms with van der Waals surface area (Å²) in [5.41, 5.74) is 10.3. The molecule has 1 atom stereocenters. The summed E-state index contributed by atoms with van der Waals surface area (Å²) in [7, 11) is 0. The number of unbranched alkanes of at least 4 members (excludes halogenated alkanes) is 16. The van der Waals surface area contributed by atoms with Crippen molar-refractivity contribution in [3.8, 4) is 0 Å². The number of rotatable bonds is 27. The fourth-order valence-electron chi connectivity index (χ4n) is 4.40. The van der Waals surface area contributed by atoms with Crippen molar-refractivity contribution in [2.45, 2.75) is 161 Å². The first kappa shape index (κ1) is 40.0. The van der Waals surface area contributed by atoms with Gasteiger partial charge in [-0.2, -0.15) is 0 Å². The number of amides is 3. The quantitative estimate of drug-likeness (QED) is 0.0609. The summed E-state index contributed by atoms with van der Waals surface area (Å²) < 4.78 is 0. The second kappa shape index (κ2) is 28.4. The zero-order valence-corrected chi connectivity index (χ0v) is 24.2. The van der Waals surface area contributed by atoms with E-state index in [-0.39, 0.29) is 67.1 Å². The van der Waals surface area contributed by atoms with Gasteiger partial charge in [-0.3, -0.25) is 30.0 Å². The first-order valence-electron chi connectivity index (χ1n) is 15.2. The van der Waals surface area contributed by atoms with Crippen molar-refractivity contribution >= 4 is 53.2 Å². The van der Waals surface area contributed by atoms with Crippen LogP contribution in [0.15, 0.2) is 0 Å². The molecule has 9 nitrogen and oxygen atoms in total. The summed E-state index contributed by atoms with van der Waals surface area (Å²) >= 11 is 0. The van der Waals surface area contributed by atoms with E-state index in [2.05, 4.69) is 24.7 Å². The zero-order chi connectivity index (χ0) is 28.4. The third kappa shape index (κ3) is 25.5. The molecule has 0 spiro atoms. The van der Waals surface area contributed by atoms with Gasteiger partial charge in [0.1, 0.15) is 6.04 Å². The molecule has 0 aliphatic heterocycles. The van der Waals surface area contributed by atoms with Crippen LogP contribution in [-0.4, -0.2) is 69.5 Å². The molecular formula is C29H57N4NaO5. The molecule has 1 unspecified atom stereocenters. The van der Waals surface area contributed by atoms with Crippen LogP contribution in [0.3, 0.4) is 0 Å². The van der Waals surface area contributed by atoms with Crippen LogP contribution in [0, 0.1) is 0 Å². The van der Waals surface area contributed by atoms with E-state index in [1.165, 1.54) is 64.2 Å². The number of nitrogens with two attached hydrogens (primary N) is 1. The summed E-state index contributed by atoms with van der Waals surface area (Å²) in [5, 5.41) is 10.6. The minimum absolute atomic E-state index is 0. The predicted molar refractivity (Wildman–Crippen MR) is 159 cm³/mol. The van der Waals surface area contributed by atoms with Crippen molar-refractivity contribution in [1.29, 1.82) is 0 Å². The van der Waals surface area contributed by atoms with Crippen molar-refractivity contribution in [3.05, 3.63) is 0 Å². The predicted octanol–water partition coefficient (Wildman–Crippen LogP) is 5.26. The third-order valence-corrected chi connectivity index (χ3v) is 6.77. The molecule has 0 radical (unpaired) electrons. The summed E-state index contributed by atoms with van der Waals surface area (Å²) in [6.07, 6.45) is 20.4. The van der Waals surface area contributed by atoms with Gasteiger partial charge in [0, 0.05) is 19.3 Å². The van der Waals surface area contributed by atoms with E-state index >= 15 is 0 Å². The van der Waals surface area contributed by atoms with Gasteiger partial charge in [-0.1, -0.05) is 117 Å². The summed E-state index contributed by atoms with van der Waals surface area (Å²) in [6, 6.07) is -1.29. The fourth-order valence-corrected chi connectivity index (χ4v) is 4.40. The molecule has 39 heavy (non-hydrogen) atoms. The van der Waals surface area contributed by atoms with E-state index in [0.717, 1.165) is 43.6 Å². The molecular weight excluding hydrogens is 507 g/mol. The summed E-state index contributed by atoms with van der Waals surface area (Å²) in [5.74, 6) is -2.61. The van der Waals surface area contributed by atoms with Crippen LogP contribution in [-0.2, 0) is 19.2 Å². The Kier molecular flexibility index (Phi) is 29.1. The number of carboxylic acids is 1. The Balaban J connectivity index is 0. The van der Waals surface area contributed by atoms with E-state index in [4.69, 9.17) is 5.73 Å². The molecule has 224 valence electrons. The number of nitrogens with one attached hydrogen (secondary N) is 2.